The molecule has 0 saturated heterocycles. The van der Waals surface area contributed by atoms with E-state index in [2.05, 4.69) is 37.9 Å². The maximum Gasteiger partial charge on any atom is 0.255 e. The van der Waals surface area contributed by atoms with Crippen LogP contribution in [0.4, 0.5) is 5.69 Å². The highest BCUT2D eigenvalue weighted by Crippen LogP contribution is 2.25. The predicted octanol–water partition coefficient (Wildman–Crippen LogP) is 4.75. The van der Waals surface area contributed by atoms with Crippen molar-refractivity contribution in [1.29, 1.82) is 0 Å². The number of benzene rings is 2. The first-order valence-electron chi connectivity index (χ1n) is 7.58. The number of halogens is 1. The van der Waals surface area contributed by atoms with Crippen LogP contribution in [0, 0.1) is 3.57 Å². The van der Waals surface area contributed by atoms with Crippen molar-refractivity contribution in [3.05, 3.63) is 76.0 Å². The van der Waals surface area contributed by atoms with E-state index >= 15 is 0 Å². The molecule has 6 heteroatoms. The van der Waals surface area contributed by atoms with Crippen LogP contribution in [0.3, 0.4) is 0 Å². The Bertz CT molecular complexity index is 1040. The fraction of sp³-hybridized carbons (Fsp3) is 0. The molecule has 1 amide bonds. The van der Waals surface area contributed by atoms with Crippen molar-refractivity contribution in [1.82, 2.24) is 9.97 Å². The quantitative estimate of drug-likeness (QED) is 0.466. The van der Waals surface area contributed by atoms with Crippen LogP contribution in [0.2, 0.25) is 0 Å². The summed E-state index contributed by atoms with van der Waals surface area (Å²) >= 11 is 2.18. The first kappa shape index (κ1) is 15.8. The minimum atomic E-state index is -0.158. The standard InChI is InChI=1S/C19H12IN3O2/c20-14-6-1-4-12(10-14)18(24)22-15-7-2-5-13(11-15)19-23-17-16(25-19)8-3-9-21-17/h1-11H,(H,22,24). The van der Waals surface area contributed by atoms with Crippen LogP contribution in [0.5, 0.6) is 0 Å². The second-order valence-electron chi connectivity index (χ2n) is 5.39. The van der Waals surface area contributed by atoms with Crippen molar-refractivity contribution in [2.45, 2.75) is 0 Å². The molecule has 2 aromatic heterocycles. The molecule has 5 nitrogen and oxygen atoms in total. The highest BCUT2D eigenvalue weighted by atomic mass is 127. The minimum absolute atomic E-state index is 0.158. The number of aromatic nitrogens is 2. The van der Waals surface area contributed by atoms with Crippen molar-refractivity contribution in [3.8, 4) is 11.5 Å². The smallest absolute Gasteiger partial charge is 0.255 e. The minimum Gasteiger partial charge on any atom is -0.434 e. The second kappa shape index (κ2) is 6.64. The summed E-state index contributed by atoms with van der Waals surface area (Å²) in [7, 11) is 0. The lowest BCUT2D eigenvalue weighted by molar-refractivity contribution is 0.102. The van der Waals surface area contributed by atoms with Crippen molar-refractivity contribution >= 4 is 45.4 Å². The number of carbonyl (C=O) groups excluding carboxylic acids is 1. The molecule has 0 saturated carbocycles. The van der Waals surface area contributed by atoms with Gasteiger partial charge in [0.1, 0.15) is 0 Å². The van der Waals surface area contributed by atoms with Crippen LogP contribution < -0.4 is 5.32 Å². The molecule has 0 atom stereocenters. The summed E-state index contributed by atoms with van der Waals surface area (Å²) in [6.45, 7) is 0. The van der Waals surface area contributed by atoms with E-state index in [0.717, 1.165) is 9.13 Å². The third kappa shape index (κ3) is 3.39. The number of nitrogens with zero attached hydrogens (tertiary/aromatic N) is 2. The summed E-state index contributed by atoms with van der Waals surface area (Å²) in [5.74, 6) is 0.314. The maximum atomic E-state index is 12.4. The summed E-state index contributed by atoms with van der Waals surface area (Å²) in [4.78, 5) is 20.9. The SMILES string of the molecule is O=C(Nc1cccc(-c2nc3ncccc3o2)c1)c1cccc(I)c1. The van der Waals surface area contributed by atoms with Gasteiger partial charge in [-0.25, -0.2) is 4.98 Å². The van der Waals surface area contributed by atoms with Gasteiger partial charge in [0.25, 0.3) is 5.91 Å². The third-order valence-electron chi connectivity index (χ3n) is 3.62. The number of oxazole rings is 1. The lowest BCUT2D eigenvalue weighted by Gasteiger charge is -2.06. The van der Waals surface area contributed by atoms with E-state index < -0.39 is 0 Å². The Hall–Kier alpha value is -2.74. The Balaban J connectivity index is 1.62. The van der Waals surface area contributed by atoms with Gasteiger partial charge in [0, 0.05) is 26.6 Å². The number of amides is 1. The molecular weight excluding hydrogens is 429 g/mol. The molecule has 0 aliphatic rings. The van der Waals surface area contributed by atoms with E-state index in [1.165, 1.54) is 0 Å². The molecule has 0 unspecified atom stereocenters. The Morgan fingerprint density at radius 3 is 2.76 bits per heavy atom. The van der Waals surface area contributed by atoms with Crippen molar-refractivity contribution in [3.63, 3.8) is 0 Å². The molecule has 2 heterocycles. The average molecular weight is 441 g/mol. The normalized spacial score (nSPS) is 10.8. The zero-order valence-corrected chi connectivity index (χ0v) is 15.1. The van der Waals surface area contributed by atoms with E-state index in [0.29, 0.717) is 28.4 Å². The summed E-state index contributed by atoms with van der Waals surface area (Å²) in [6.07, 6.45) is 1.67. The molecule has 0 fully saturated rings. The molecule has 4 rings (SSSR count). The topological polar surface area (TPSA) is 68.0 Å². The van der Waals surface area contributed by atoms with Crippen LogP contribution >= 0.6 is 22.6 Å². The Morgan fingerprint density at radius 2 is 1.92 bits per heavy atom. The Morgan fingerprint density at radius 1 is 1.04 bits per heavy atom. The number of carbonyl (C=O) groups is 1. The van der Waals surface area contributed by atoms with Gasteiger partial charge < -0.3 is 9.73 Å². The number of rotatable bonds is 3. The molecule has 0 radical (unpaired) electrons. The molecule has 122 valence electrons. The number of fused-ring (bicyclic) bond motifs is 1. The fourth-order valence-corrected chi connectivity index (χ4v) is 3.00. The molecule has 25 heavy (non-hydrogen) atoms. The molecular formula is C19H12IN3O2. The van der Waals surface area contributed by atoms with Gasteiger partial charge in [-0.2, -0.15) is 4.98 Å². The zero-order valence-electron chi connectivity index (χ0n) is 12.9. The molecule has 0 bridgehead atoms. The van der Waals surface area contributed by atoms with E-state index in [9.17, 15) is 4.79 Å². The van der Waals surface area contributed by atoms with E-state index in [1.54, 1.807) is 18.3 Å². The summed E-state index contributed by atoms with van der Waals surface area (Å²) in [6, 6.07) is 18.4. The Kier molecular flexibility index (Phi) is 4.19. The summed E-state index contributed by atoms with van der Waals surface area (Å²) in [5.41, 5.74) is 3.26. The van der Waals surface area contributed by atoms with Gasteiger partial charge in [-0.3, -0.25) is 4.79 Å². The van der Waals surface area contributed by atoms with E-state index in [4.69, 9.17) is 4.42 Å². The lowest BCUT2D eigenvalue weighted by Crippen LogP contribution is -2.11. The molecule has 0 spiro atoms. The monoisotopic (exact) mass is 441 g/mol. The first-order valence-corrected chi connectivity index (χ1v) is 8.66. The van der Waals surface area contributed by atoms with Crippen LogP contribution in [-0.2, 0) is 0 Å². The zero-order chi connectivity index (χ0) is 17.2. The van der Waals surface area contributed by atoms with Gasteiger partial charge in [0.15, 0.2) is 11.2 Å². The molecule has 0 aliphatic heterocycles. The second-order valence-corrected chi connectivity index (χ2v) is 6.64. The summed E-state index contributed by atoms with van der Waals surface area (Å²) < 4.78 is 6.74. The molecule has 0 aliphatic carbocycles. The van der Waals surface area contributed by atoms with Crippen molar-refractivity contribution < 1.29 is 9.21 Å². The highest BCUT2D eigenvalue weighted by Gasteiger charge is 2.11. The molecule has 4 aromatic rings. The van der Waals surface area contributed by atoms with Crippen LogP contribution in [0.1, 0.15) is 10.4 Å². The number of hydrogen-bond acceptors (Lipinski definition) is 4. The van der Waals surface area contributed by atoms with Crippen LogP contribution in [-0.4, -0.2) is 15.9 Å². The van der Waals surface area contributed by atoms with Crippen molar-refractivity contribution in [2.75, 3.05) is 5.32 Å². The van der Waals surface area contributed by atoms with Crippen LogP contribution in [0.15, 0.2) is 71.3 Å². The number of anilines is 1. The lowest BCUT2D eigenvalue weighted by atomic mass is 10.1. The Labute approximate surface area is 157 Å². The van der Waals surface area contributed by atoms with Gasteiger partial charge in [-0.1, -0.05) is 12.1 Å². The molecule has 1 N–H and O–H groups in total. The van der Waals surface area contributed by atoms with E-state index in [1.807, 2.05) is 48.5 Å². The average Bonchev–Trinajstić information content (AvgIpc) is 3.06. The summed E-state index contributed by atoms with van der Waals surface area (Å²) in [5, 5.41) is 2.90. The predicted molar refractivity (Wildman–Crippen MR) is 104 cm³/mol. The highest BCUT2D eigenvalue weighted by molar-refractivity contribution is 14.1. The van der Waals surface area contributed by atoms with Gasteiger partial charge in [0.05, 0.1) is 0 Å². The third-order valence-corrected chi connectivity index (χ3v) is 4.29. The first-order chi connectivity index (χ1) is 12.2. The van der Waals surface area contributed by atoms with Gasteiger partial charge in [-0.15, -0.1) is 0 Å². The number of pyridine rings is 1. The number of hydrogen-bond donors (Lipinski definition) is 1. The fourth-order valence-electron chi connectivity index (χ4n) is 2.46. The largest absolute Gasteiger partial charge is 0.434 e. The van der Waals surface area contributed by atoms with Crippen LogP contribution in [0.25, 0.3) is 22.7 Å². The maximum absolute atomic E-state index is 12.4. The van der Waals surface area contributed by atoms with Gasteiger partial charge in [0.2, 0.25) is 5.89 Å². The van der Waals surface area contributed by atoms with Crippen molar-refractivity contribution in [2.24, 2.45) is 0 Å². The van der Waals surface area contributed by atoms with Gasteiger partial charge >= 0.3 is 0 Å². The van der Waals surface area contributed by atoms with E-state index in [-0.39, 0.29) is 5.91 Å². The van der Waals surface area contributed by atoms with Gasteiger partial charge in [-0.05, 0) is 71.1 Å². The molecule has 2 aromatic carbocycles. The number of nitrogens with one attached hydrogen (secondary N) is 1.